The molecule has 0 saturated carbocycles. The molecule has 3 heterocycles. The Morgan fingerprint density at radius 1 is 1.17 bits per heavy atom. The Bertz CT molecular complexity index is 1170. The van der Waals surface area contributed by atoms with Crippen LogP contribution in [0.25, 0.3) is 22.3 Å². The number of benzene rings is 2. The summed E-state index contributed by atoms with van der Waals surface area (Å²) in [6.07, 6.45) is 2.50. The number of carbonyl (C=O) groups is 1. The number of rotatable bonds is 4. The molecule has 7 nitrogen and oxygen atoms in total. The van der Waals surface area contributed by atoms with Gasteiger partial charge in [-0.3, -0.25) is 9.89 Å². The van der Waals surface area contributed by atoms with Crippen molar-refractivity contribution in [3.63, 3.8) is 0 Å². The van der Waals surface area contributed by atoms with Crippen molar-refractivity contribution in [3.05, 3.63) is 65.4 Å². The van der Waals surface area contributed by atoms with E-state index in [0.717, 1.165) is 47.6 Å². The van der Waals surface area contributed by atoms with Crippen LogP contribution in [-0.4, -0.2) is 45.2 Å². The number of hydrogen-bond donors (Lipinski definition) is 3. The molecule has 29 heavy (non-hydrogen) atoms. The van der Waals surface area contributed by atoms with E-state index in [1.165, 1.54) is 0 Å². The van der Waals surface area contributed by atoms with E-state index in [9.17, 15) is 4.79 Å². The summed E-state index contributed by atoms with van der Waals surface area (Å²) in [6, 6.07) is 15.2. The zero-order chi connectivity index (χ0) is 19.8. The molecule has 1 fully saturated rings. The molecule has 146 valence electrons. The van der Waals surface area contributed by atoms with Crippen LogP contribution in [0.3, 0.4) is 0 Å². The van der Waals surface area contributed by atoms with Crippen LogP contribution < -0.4 is 10.2 Å². The third kappa shape index (κ3) is 3.56. The van der Waals surface area contributed by atoms with Crippen LogP contribution in [0.15, 0.2) is 54.9 Å². The van der Waals surface area contributed by atoms with Gasteiger partial charge in [0.1, 0.15) is 0 Å². The van der Waals surface area contributed by atoms with Gasteiger partial charge < -0.3 is 15.2 Å². The summed E-state index contributed by atoms with van der Waals surface area (Å²) in [5, 5.41) is 11.4. The zero-order valence-corrected chi connectivity index (χ0v) is 16.3. The first-order valence-electron chi connectivity index (χ1n) is 9.46. The number of carbonyl (C=O) groups excluding carboxylic acids is 1. The van der Waals surface area contributed by atoms with Crippen molar-refractivity contribution in [2.75, 3.05) is 18.0 Å². The number of aromatic amines is 2. The van der Waals surface area contributed by atoms with Crippen molar-refractivity contribution < 1.29 is 4.79 Å². The molecule has 3 N–H and O–H groups in total. The van der Waals surface area contributed by atoms with Crippen LogP contribution >= 0.6 is 11.6 Å². The lowest BCUT2D eigenvalue weighted by Crippen LogP contribution is -2.37. The molecule has 0 radical (unpaired) electrons. The maximum Gasteiger partial charge on any atom is 0.251 e. The Labute approximate surface area is 172 Å². The van der Waals surface area contributed by atoms with Crippen molar-refractivity contribution in [3.8, 4) is 11.3 Å². The fraction of sp³-hybridized carbons (Fsp3) is 0.190. The number of nitrogens with zero attached hydrogens (tertiary/aromatic N) is 3. The molecule has 4 aromatic rings. The predicted molar refractivity (Wildman–Crippen MR) is 113 cm³/mol. The number of fused-ring (bicyclic) bond motifs is 1. The van der Waals surface area contributed by atoms with Gasteiger partial charge in [-0.25, -0.2) is 4.98 Å². The molecule has 8 heteroatoms. The first-order chi connectivity index (χ1) is 14.2. The maximum absolute atomic E-state index is 12.6. The van der Waals surface area contributed by atoms with Gasteiger partial charge in [0.15, 0.2) is 5.82 Å². The van der Waals surface area contributed by atoms with Gasteiger partial charge in [-0.15, -0.1) is 0 Å². The first-order valence-corrected chi connectivity index (χ1v) is 9.84. The Morgan fingerprint density at radius 3 is 2.90 bits per heavy atom. The lowest BCUT2D eigenvalue weighted by atomic mass is 10.1. The maximum atomic E-state index is 12.6. The quantitative estimate of drug-likeness (QED) is 0.483. The molecule has 1 atom stereocenters. The molecule has 5 rings (SSSR count). The van der Waals surface area contributed by atoms with Crippen LogP contribution in [0.1, 0.15) is 16.8 Å². The molecule has 2 aromatic carbocycles. The lowest BCUT2D eigenvalue weighted by molar-refractivity contribution is 0.0940. The SMILES string of the molecule is O=C(N[C@H]1CCN(c2cc(-c3ccc(Cl)cc3)[nH]n2)C1)c1ccc2nc[nH]c2c1. The number of aromatic nitrogens is 4. The van der Waals surface area contributed by atoms with E-state index in [1.54, 1.807) is 12.4 Å². The molecule has 0 spiro atoms. The highest BCUT2D eigenvalue weighted by molar-refractivity contribution is 6.30. The highest BCUT2D eigenvalue weighted by atomic mass is 35.5. The van der Waals surface area contributed by atoms with Crippen molar-refractivity contribution in [2.24, 2.45) is 0 Å². The molecule has 0 aliphatic carbocycles. The topological polar surface area (TPSA) is 89.7 Å². The van der Waals surface area contributed by atoms with Gasteiger partial charge in [-0.05, 0) is 42.3 Å². The summed E-state index contributed by atoms with van der Waals surface area (Å²) >= 11 is 5.96. The number of nitrogens with one attached hydrogen (secondary N) is 3. The second-order valence-electron chi connectivity index (χ2n) is 7.19. The normalized spacial score (nSPS) is 16.4. The monoisotopic (exact) mass is 406 g/mol. The van der Waals surface area contributed by atoms with Crippen LogP contribution in [0, 0.1) is 0 Å². The summed E-state index contributed by atoms with van der Waals surface area (Å²) in [5.41, 5.74) is 4.31. The predicted octanol–water partition coefficient (Wildman–Crippen LogP) is 3.62. The van der Waals surface area contributed by atoms with Gasteiger partial charge >= 0.3 is 0 Å². The third-order valence-electron chi connectivity index (χ3n) is 5.25. The Hall–Kier alpha value is -3.32. The molecule has 2 aromatic heterocycles. The van der Waals surface area contributed by atoms with Crippen molar-refractivity contribution >= 4 is 34.4 Å². The van der Waals surface area contributed by atoms with Gasteiger partial charge in [-0.1, -0.05) is 23.7 Å². The van der Waals surface area contributed by atoms with Gasteiger partial charge in [0.05, 0.1) is 23.1 Å². The number of hydrogen-bond acceptors (Lipinski definition) is 4. The molecule has 1 amide bonds. The second kappa shape index (κ2) is 7.25. The fourth-order valence-electron chi connectivity index (χ4n) is 3.68. The Morgan fingerprint density at radius 2 is 2.03 bits per heavy atom. The number of anilines is 1. The summed E-state index contributed by atoms with van der Waals surface area (Å²) < 4.78 is 0. The minimum absolute atomic E-state index is 0.0720. The molecule has 0 unspecified atom stereocenters. The van der Waals surface area contributed by atoms with Crippen LogP contribution in [-0.2, 0) is 0 Å². The van der Waals surface area contributed by atoms with Crippen LogP contribution in [0.4, 0.5) is 5.82 Å². The fourth-order valence-corrected chi connectivity index (χ4v) is 3.81. The number of imidazole rings is 1. The largest absolute Gasteiger partial charge is 0.353 e. The van der Waals surface area contributed by atoms with Crippen LogP contribution in [0.2, 0.25) is 5.02 Å². The van der Waals surface area contributed by atoms with E-state index >= 15 is 0 Å². The minimum Gasteiger partial charge on any atom is -0.353 e. The van der Waals surface area contributed by atoms with Gasteiger partial charge in [0.25, 0.3) is 5.91 Å². The average Bonchev–Trinajstić information content (AvgIpc) is 3.48. The molecular weight excluding hydrogens is 388 g/mol. The Kier molecular flexibility index (Phi) is 4.44. The van der Waals surface area contributed by atoms with Crippen molar-refractivity contribution in [1.82, 2.24) is 25.5 Å². The average molecular weight is 407 g/mol. The van der Waals surface area contributed by atoms with Crippen molar-refractivity contribution in [1.29, 1.82) is 0 Å². The highest BCUT2D eigenvalue weighted by Gasteiger charge is 2.26. The summed E-state index contributed by atoms with van der Waals surface area (Å²) in [4.78, 5) is 22.0. The smallest absolute Gasteiger partial charge is 0.251 e. The number of halogens is 1. The van der Waals surface area contributed by atoms with E-state index in [4.69, 9.17) is 11.6 Å². The minimum atomic E-state index is -0.0720. The van der Waals surface area contributed by atoms with E-state index in [0.29, 0.717) is 10.6 Å². The van der Waals surface area contributed by atoms with E-state index in [-0.39, 0.29) is 11.9 Å². The van der Waals surface area contributed by atoms with Gasteiger partial charge in [0.2, 0.25) is 0 Å². The third-order valence-corrected chi connectivity index (χ3v) is 5.50. The van der Waals surface area contributed by atoms with E-state index in [2.05, 4.69) is 30.4 Å². The van der Waals surface area contributed by atoms with Gasteiger partial charge in [0, 0.05) is 35.8 Å². The molecule has 1 aliphatic heterocycles. The Balaban J connectivity index is 1.24. The summed E-state index contributed by atoms with van der Waals surface area (Å²) in [6.45, 7) is 1.57. The van der Waals surface area contributed by atoms with E-state index < -0.39 is 0 Å². The summed E-state index contributed by atoms with van der Waals surface area (Å²) in [7, 11) is 0. The number of amides is 1. The van der Waals surface area contributed by atoms with E-state index in [1.807, 2.05) is 42.5 Å². The highest BCUT2D eigenvalue weighted by Crippen LogP contribution is 2.25. The lowest BCUT2D eigenvalue weighted by Gasteiger charge is -2.16. The molecule has 0 bridgehead atoms. The first kappa shape index (κ1) is 17.8. The van der Waals surface area contributed by atoms with Gasteiger partial charge in [-0.2, -0.15) is 5.10 Å². The molecule has 1 saturated heterocycles. The number of H-pyrrole nitrogens is 2. The summed E-state index contributed by atoms with van der Waals surface area (Å²) in [5.74, 6) is 0.808. The second-order valence-corrected chi connectivity index (χ2v) is 7.62. The standard InChI is InChI=1S/C21H19ClN6O/c22-15-4-1-13(2-5-15)18-10-20(27-26-18)28-8-7-16(11-28)25-21(29)14-3-6-17-19(9-14)24-12-23-17/h1-6,9-10,12,16H,7-8,11H2,(H,23,24)(H,25,29)(H,26,27)/t16-/m0/s1. The zero-order valence-electron chi connectivity index (χ0n) is 15.5. The molecular formula is C21H19ClN6O. The van der Waals surface area contributed by atoms with Crippen LogP contribution in [0.5, 0.6) is 0 Å². The molecule has 1 aliphatic rings. The van der Waals surface area contributed by atoms with Crippen molar-refractivity contribution in [2.45, 2.75) is 12.5 Å².